The quantitative estimate of drug-likeness (QED) is 0.678. The third-order valence-corrected chi connectivity index (χ3v) is 5.35. The maximum absolute atomic E-state index is 13.3. The van der Waals surface area contributed by atoms with E-state index in [4.69, 9.17) is 0 Å². The summed E-state index contributed by atoms with van der Waals surface area (Å²) >= 11 is 0. The molecule has 0 spiro atoms. The molecule has 0 saturated heterocycles. The van der Waals surface area contributed by atoms with E-state index in [9.17, 15) is 9.59 Å². The van der Waals surface area contributed by atoms with Crippen molar-refractivity contribution in [1.29, 1.82) is 0 Å². The number of nitrogens with one attached hydrogen (secondary N) is 2. The van der Waals surface area contributed by atoms with Crippen LogP contribution >= 0.6 is 0 Å². The monoisotopic (exact) mass is 399 g/mol. The van der Waals surface area contributed by atoms with E-state index in [1.165, 1.54) is 0 Å². The Morgan fingerprint density at radius 2 is 1.53 bits per heavy atom. The van der Waals surface area contributed by atoms with Gasteiger partial charge in [-0.25, -0.2) is 0 Å². The van der Waals surface area contributed by atoms with E-state index in [0.717, 1.165) is 16.8 Å². The Hall–Kier alpha value is -3.44. The molecule has 0 bridgehead atoms. The van der Waals surface area contributed by atoms with Crippen LogP contribution in [0.25, 0.3) is 0 Å². The molecular weight excluding hydrogens is 374 g/mol. The number of anilines is 2. The molecule has 2 N–H and O–H groups in total. The zero-order chi connectivity index (χ0) is 20.9. The summed E-state index contributed by atoms with van der Waals surface area (Å²) in [5, 5.41) is 6.34. The molecule has 152 valence electrons. The number of rotatable bonds is 5. The maximum atomic E-state index is 13.3. The Bertz CT molecular complexity index is 981. The summed E-state index contributed by atoms with van der Waals surface area (Å²) in [5.41, 5.74) is 3.59. The van der Waals surface area contributed by atoms with E-state index in [2.05, 4.69) is 34.9 Å². The van der Waals surface area contributed by atoms with Crippen molar-refractivity contribution in [2.75, 3.05) is 16.8 Å². The first-order valence-electron chi connectivity index (χ1n) is 10.2. The third-order valence-electron chi connectivity index (χ3n) is 5.35. The molecular formula is C25H25N3O2. The Kier molecular flexibility index (Phi) is 5.91. The van der Waals surface area contributed by atoms with Crippen LogP contribution in [0, 0.1) is 0 Å². The van der Waals surface area contributed by atoms with Crippen LogP contribution in [0.15, 0.2) is 84.9 Å². The second kappa shape index (κ2) is 8.93. The zero-order valence-corrected chi connectivity index (χ0v) is 16.9. The number of carbonyl (C=O) groups is 2. The van der Waals surface area contributed by atoms with Crippen molar-refractivity contribution in [2.45, 2.75) is 25.4 Å². The predicted octanol–water partition coefficient (Wildman–Crippen LogP) is 4.13. The number of hydrogen-bond acceptors (Lipinski definition) is 3. The van der Waals surface area contributed by atoms with Crippen LogP contribution in [0.4, 0.5) is 11.4 Å². The van der Waals surface area contributed by atoms with Gasteiger partial charge in [-0.15, -0.1) is 0 Å². The summed E-state index contributed by atoms with van der Waals surface area (Å²) < 4.78 is 0. The van der Waals surface area contributed by atoms with E-state index in [0.29, 0.717) is 5.69 Å². The summed E-state index contributed by atoms with van der Waals surface area (Å²) in [7, 11) is 0. The minimum Gasteiger partial charge on any atom is -0.324 e. The molecule has 1 aliphatic rings. The highest BCUT2D eigenvalue weighted by atomic mass is 16.2. The first kappa shape index (κ1) is 19.9. The molecule has 0 fully saturated rings. The van der Waals surface area contributed by atoms with E-state index >= 15 is 0 Å². The minimum atomic E-state index is -0.227. The smallest absolute Gasteiger partial charge is 0.241 e. The normalized spacial score (nSPS) is 16.0. The lowest BCUT2D eigenvalue weighted by molar-refractivity contribution is -0.118. The molecule has 0 aromatic heterocycles. The number of nitrogens with zero attached hydrogens (tertiary/aromatic N) is 1. The molecule has 0 unspecified atom stereocenters. The highest BCUT2D eigenvalue weighted by Gasteiger charge is 2.29. The molecule has 3 aromatic rings. The van der Waals surface area contributed by atoms with Gasteiger partial charge in [-0.3, -0.25) is 14.9 Å². The molecule has 4 rings (SSSR count). The van der Waals surface area contributed by atoms with Crippen LogP contribution in [-0.4, -0.2) is 24.4 Å². The van der Waals surface area contributed by atoms with Gasteiger partial charge in [0.1, 0.15) is 0 Å². The van der Waals surface area contributed by atoms with Crippen LogP contribution in [0.5, 0.6) is 0 Å². The van der Waals surface area contributed by atoms with Crippen molar-refractivity contribution in [2.24, 2.45) is 0 Å². The van der Waals surface area contributed by atoms with Crippen molar-refractivity contribution < 1.29 is 9.59 Å². The van der Waals surface area contributed by atoms with Crippen molar-refractivity contribution in [3.05, 3.63) is 96.1 Å². The summed E-state index contributed by atoms with van der Waals surface area (Å²) in [6.07, 6.45) is 0.265. The van der Waals surface area contributed by atoms with Gasteiger partial charge in [0.15, 0.2) is 0 Å². The van der Waals surface area contributed by atoms with Crippen LogP contribution in [0.3, 0.4) is 0 Å². The van der Waals surface area contributed by atoms with Crippen LogP contribution in [-0.2, 0) is 9.59 Å². The largest absolute Gasteiger partial charge is 0.324 e. The highest BCUT2D eigenvalue weighted by molar-refractivity contribution is 6.04. The van der Waals surface area contributed by atoms with Crippen LogP contribution in [0.2, 0.25) is 0 Å². The third kappa shape index (κ3) is 4.26. The standard InChI is InChI=1S/C25H25N3O2/c1-18-16-23(29)27-21-14-8-9-15-22(21)28(18)24(30)17-26-25(19-10-4-2-5-11-19)20-12-6-3-7-13-20/h2-15,18,25-26H,16-17H2,1H3,(H,27,29)/t18-/m0/s1. The second-order valence-corrected chi connectivity index (χ2v) is 7.52. The molecule has 2 amide bonds. The Morgan fingerprint density at radius 3 is 2.17 bits per heavy atom. The molecule has 0 aliphatic carbocycles. The first-order chi connectivity index (χ1) is 14.6. The van der Waals surface area contributed by atoms with Gasteiger partial charge in [0.2, 0.25) is 11.8 Å². The number of fused-ring (bicyclic) bond motifs is 1. The van der Waals surface area contributed by atoms with Gasteiger partial charge in [-0.1, -0.05) is 72.8 Å². The molecule has 0 radical (unpaired) electrons. The van der Waals surface area contributed by atoms with Gasteiger partial charge >= 0.3 is 0 Å². The molecule has 3 aromatic carbocycles. The fourth-order valence-electron chi connectivity index (χ4n) is 3.96. The molecule has 5 heteroatoms. The van der Waals surface area contributed by atoms with Gasteiger partial charge in [-0.2, -0.15) is 0 Å². The van der Waals surface area contributed by atoms with E-state index in [1.807, 2.05) is 67.6 Å². The second-order valence-electron chi connectivity index (χ2n) is 7.52. The summed E-state index contributed by atoms with van der Waals surface area (Å²) in [5.74, 6) is -0.145. The van der Waals surface area contributed by atoms with Gasteiger partial charge < -0.3 is 10.2 Å². The molecule has 1 atom stereocenters. The van der Waals surface area contributed by atoms with Gasteiger partial charge in [0.25, 0.3) is 0 Å². The van der Waals surface area contributed by atoms with Crippen molar-refractivity contribution in [3.63, 3.8) is 0 Å². The maximum Gasteiger partial charge on any atom is 0.241 e. The highest BCUT2D eigenvalue weighted by Crippen LogP contribution is 2.31. The number of amides is 2. The molecule has 5 nitrogen and oxygen atoms in total. The van der Waals surface area contributed by atoms with Gasteiger partial charge in [-0.05, 0) is 30.2 Å². The Morgan fingerprint density at radius 1 is 0.967 bits per heavy atom. The number of hydrogen-bond donors (Lipinski definition) is 2. The lowest BCUT2D eigenvalue weighted by atomic mass is 9.99. The topological polar surface area (TPSA) is 61.4 Å². The first-order valence-corrected chi connectivity index (χ1v) is 10.2. The van der Waals surface area contributed by atoms with E-state index in [1.54, 1.807) is 4.90 Å². The number of para-hydroxylation sites is 2. The Balaban J connectivity index is 1.58. The van der Waals surface area contributed by atoms with Crippen molar-refractivity contribution in [1.82, 2.24) is 5.32 Å². The summed E-state index contributed by atoms with van der Waals surface area (Å²) in [6.45, 7) is 2.06. The molecule has 1 aliphatic heterocycles. The molecule has 0 saturated carbocycles. The SMILES string of the molecule is C[C@H]1CC(=O)Nc2ccccc2N1C(=O)CNC(c1ccccc1)c1ccccc1. The van der Waals surface area contributed by atoms with Crippen molar-refractivity contribution >= 4 is 23.2 Å². The lowest BCUT2D eigenvalue weighted by Crippen LogP contribution is -2.44. The fourth-order valence-corrected chi connectivity index (χ4v) is 3.96. The average molecular weight is 399 g/mol. The predicted molar refractivity (Wildman–Crippen MR) is 119 cm³/mol. The Labute approximate surface area is 176 Å². The van der Waals surface area contributed by atoms with Crippen LogP contribution in [0.1, 0.15) is 30.5 Å². The van der Waals surface area contributed by atoms with Gasteiger partial charge in [0.05, 0.1) is 24.0 Å². The molecule has 30 heavy (non-hydrogen) atoms. The van der Waals surface area contributed by atoms with Crippen LogP contribution < -0.4 is 15.5 Å². The minimum absolute atomic E-state index is 0.0664. The molecule has 1 heterocycles. The fraction of sp³-hybridized carbons (Fsp3) is 0.200. The number of benzene rings is 3. The van der Waals surface area contributed by atoms with Gasteiger partial charge in [0, 0.05) is 12.5 Å². The average Bonchev–Trinajstić information content (AvgIpc) is 2.89. The number of carbonyl (C=O) groups excluding carboxylic acids is 2. The van der Waals surface area contributed by atoms with E-state index in [-0.39, 0.29) is 36.9 Å². The van der Waals surface area contributed by atoms with Crippen molar-refractivity contribution in [3.8, 4) is 0 Å². The summed E-state index contributed by atoms with van der Waals surface area (Å²) in [6, 6.07) is 27.3. The summed E-state index contributed by atoms with van der Waals surface area (Å²) in [4.78, 5) is 27.2. The lowest BCUT2D eigenvalue weighted by Gasteiger charge is -2.29. The van der Waals surface area contributed by atoms with E-state index < -0.39 is 0 Å². The zero-order valence-electron chi connectivity index (χ0n) is 16.9.